The van der Waals surface area contributed by atoms with Crippen molar-refractivity contribution in [2.75, 3.05) is 44.2 Å². The van der Waals surface area contributed by atoms with Gasteiger partial charge < -0.3 is 4.90 Å². The molecular formula is C23H34ClN5O2. The van der Waals surface area contributed by atoms with Crippen molar-refractivity contribution in [2.24, 2.45) is 23.7 Å². The van der Waals surface area contributed by atoms with Crippen LogP contribution in [-0.2, 0) is 9.59 Å². The Labute approximate surface area is 191 Å². The van der Waals surface area contributed by atoms with Crippen LogP contribution in [0, 0.1) is 23.7 Å². The molecule has 2 saturated heterocycles. The summed E-state index contributed by atoms with van der Waals surface area (Å²) in [5.74, 6) is 2.05. The van der Waals surface area contributed by atoms with Crippen LogP contribution in [0.4, 0.5) is 5.95 Å². The molecule has 0 radical (unpaired) electrons. The standard InChI is InChI=1S/C23H33N5O2.ClH/c29-21-19-17-5-3-6-18(8-7-17)20(19)22(30)28(21)12-2-1-11-26-13-15-27(16-14-26)23-24-9-4-10-25-23;/h4,9-10,17-20H,1-3,5-8,11-16H2;1H. The third-order valence-corrected chi connectivity index (χ3v) is 7.88. The maximum absolute atomic E-state index is 13.0. The lowest BCUT2D eigenvalue weighted by Crippen LogP contribution is -2.47. The molecule has 5 fully saturated rings. The summed E-state index contributed by atoms with van der Waals surface area (Å²) in [5.41, 5.74) is 0. The molecule has 2 aliphatic heterocycles. The first-order valence-corrected chi connectivity index (χ1v) is 11.8. The highest BCUT2D eigenvalue weighted by atomic mass is 35.5. The molecule has 1 aromatic heterocycles. The van der Waals surface area contributed by atoms with Crippen LogP contribution in [0.3, 0.4) is 0 Å². The van der Waals surface area contributed by atoms with E-state index in [0.29, 0.717) is 18.4 Å². The number of likely N-dealkylation sites (tertiary alicyclic amines) is 1. The van der Waals surface area contributed by atoms with Crippen molar-refractivity contribution >= 4 is 30.2 Å². The molecule has 6 rings (SSSR count). The summed E-state index contributed by atoms with van der Waals surface area (Å²) < 4.78 is 0. The van der Waals surface area contributed by atoms with Gasteiger partial charge in [0.15, 0.2) is 0 Å². The fourth-order valence-electron chi connectivity index (χ4n) is 6.29. The van der Waals surface area contributed by atoms with Crippen molar-refractivity contribution in [2.45, 2.75) is 44.9 Å². The second kappa shape index (κ2) is 9.82. The number of anilines is 1. The Morgan fingerprint density at radius 3 is 2.00 bits per heavy atom. The second-order valence-electron chi connectivity index (χ2n) is 9.49. The van der Waals surface area contributed by atoms with Gasteiger partial charge in [0.05, 0.1) is 11.8 Å². The van der Waals surface area contributed by atoms with E-state index in [-0.39, 0.29) is 36.1 Å². The summed E-state index contributed by atoms with van der Waals surface area (Å²) in [6.45, 7) is 5.54. The topological polar surface area (TPSA) is 69.6 Å². The zero-order chi connectivity index (χ0) is 20.5. The number of amides is 2. The van der Waals surface area contributed by atoms with E-state index in [1.54, 1.807) is 17.3 Å². The minimum absolute atomic E-state index is 0. The zero-order valence-electron chi connectivity index (χ0n) is 18.2. The summed E-state index contributed by atoms with van der Waals surface area (Å²) in [6, 6.07) is 1.84. The second-order valence-corrected chi connectivity index (χ2v) is 9.49. The fourth-order valence-corrected chi connectivity index (χ4v) is 6.29. The molecule has 8 heteroatoms. The predicted octanol–water partition coefficient (Wildman–Crippen LogP) is 2.61. The number of nitrogens with zero attached hydrogens (tertiary/aromatic N) is 5. The maximum Gasteiger partial charge on any atom is 0.233 e. The van der Waals surface area contributed by atoms with Crippen LogP contribution in [0.1, 0.15) is 44.9 Å². The number of rotatable bonds is 6. The van der Waals surface area contributed by atoms with E-state index >= 15 is 0 Å². The molecule has 31 heavy (non-hydrogen) atoms. The van der Waals surface area contributed by atoms with Crippen molar-refractivity contribution < 1.29 is 9.59 Å². The molecule has 2 bridgehead atoms. The molecule has 3 aliphatic carbocycles. The van der Waals surface area contributed by atoms with E-state index in [0.717, 1.165) is 77.2 Å². The SMILES string of the molecule is Cl.O=C1C2C3CCCC(CC3)C2C(=O)N1CCCCN1CCN(c2ncccn2)CC1. The molecule has 3 heterocycles. The minimum Gasteiger partial charge on any atom is -0.338 e. The number of carbonyl (C=O) groups is 2. The normalized spacial score (nSPS) is 30.8. The van der Waals surface area contributed by atoms with Crippen LogP contribution in [0.25, 0.3) is 0 Å². The Bertz CT molecular complexity index is 736. The summed E-state index contributed by atoms with van der Waals surface area (Å²) in [5, 5.41) is 0. The van der Waals surface area contributed by atoms with Crippen LogP contribution in [0.15, 0.2) is 18.5 Å². The maximum atomic E-state index is 13.0. The first-order chi connectivity index (χ1) is 14.7. The zero-order valence-corrected chi connectivity index (χ0v) is 19.0. The lowest BCUT2D eigenvalue weighted by atomic mass is 9.69. The molecule has 3 saturated carbocycles. The summed E-state index contributed by atoms with van der Waals surface area (Å²) in [7, 11) is 0. The number of hydrogen-bond donors (Lipinski definition) is 0. The molecule has 5 aliphatic rings. The van der Waals surface area contributed by atoms with Gasteiger partial charge in [0, 0.05) is 45.1 Å². The molecule has 7 nitrogen and oxygen atoms in total. The Kier molecular flexibility index (Phi) is 7.12. The van der Waals surface area contributed by atoms with E-state index in [4.69, 9.17) is 0 Å². The smallest absolute Gasteiger partial charge is 0.233 e. The molecule has 0 aromatic carbocycles. The summed E-state index contributed by atoms with van der Waals surface area (Å²) in [6.07, 6.45) is 11.3. The average Bonchev–Trinajstić information content (AvgIpc) is 2.99. The van der Waals surface area contributed by atoms with E-state index in [2.05, 4.69) is 19.8 Å². The third-order valence-electron chi connectivity index (χ3n) is 7.88. The number of fused-ring (bicyclic) bond motifs is 3. The molecule has 1 aromatic rings. The third kappa shape index (κ3) is 4.44. The van der Waals surface area contributed by atoms with Crippen LogP contribution >= 0.6 is 12.4 Å². The fraction of sp³-hybridized carbons (Fsp3) is 0.739. The van der Waals surface area contributed by atoms with Crippen LogP contribution in [0.2, 0.25) is 0 Å². The van der Waals surface area contributed by atoms with E-state index in [1.165, 1.54) is 6.42 Å². The van der Waals surface area contributed by atoms with Gasteiger partial charge in [-0.15, -0.1) is 12.4 Å². The molecule has 0 spiro atoms. The van der Waals surface area contributed by atoms with Crippen molar-refractivity contribution in [1.82, 2.24) is 19.8 Å². The monoisotopic (exact) mass is 447 g/mol. The molecule has 170 valence electrons. The first-order valence-electron chi connectivity index (χ1n) is 11.8. The number of imide groups is 1. The Morgan fingerprint density at radius 1 is 0.806 bits per heavy atom. The Hall–Kier alpha value is -1.73. The van der Waals surface area contributed by atoms with Gasteiger partial charge in [-0.05, 0) is 63.0 Å². The van der Waals surface area contributed by atoms with Crippen LogP contribution < -0.4 is 4.90 Å². The van der Waals surface area contributed by atoms with Gasteiger partial charge in [-0.25, -0.2) is 9.97 Å². The minimum atomic E-state index is 0. The van der Waals surface area contributed by atoms with Crippen molar-refractivity contribution in [1.29, 1.82) is 0 Å². The highest BCUT2D eigenvalue weighted by Crippen LogP contribution is 2.51. The van der Waals surface area contributed by atoms with Gasteiger partial charge in [0.1, 0.15) is 0 Å². The van der Waals surface area contributed by atoms with Crippen molar-refractivity contribution in [3.8, 4) is 0 Å². The number of unbranched alkanes of at least 4 members (excludes halogenated alkanes) is 1. The number of halogens is 1. The van der Waals surface area contributed by atoms with Crippen LogP contribution in [0.5, 0.6) is 0 Å². The van der Waals surface area contributed by atoms with Crippen molar-refractivity contribution in [3.05, 3.63) is 18.5 Å². The Morgan fingerprint density at radius 2 is 1.39 bits per heavy atom. The van der Waals surface area contributed by atoms with Crippen molar-refractivity contribution in [3.63, 3.8) is 0 Å². The van der Waals surface area contributed by atoms with Gasteiger partial charge in [-0.1, -0.05) is 6.42 Å². The Balaban J connectivity index is 0.00000231. The average molecular weight is 448 g/mol. The van der Waals surface area contributed by atoms with Gasteiger partial charge in [-0.2, -0.15) is 0 Å². The van der Waals surface area contributed by atoms with Gasteiger partial charge in [-0.3, -0.25) is 19.4 Å². The highest BCUT2D eigenvalue weighted by Gasteiger charge is 2.56. The number of piperazine rings is 1. The molecule has 4 atom stereocenters. The predicted molar refractivity (Wildman–Crippen MR) is 121 cm³/mol. The largest absolute Gasteiger partial charge is 0.338 e. The van der Waals surface area contributed by atoms with E-state index in [1.807, 2.05) is 6.07 Å². The van der Waals surface area contributed by atoms with E-state index in [9.17, 15) is 9.59 Å². The van der Waals surface area contributed by atoms with Gasteiger partial charge in [0.2, 0.25) is 17.8 Å². The lowest BCUT2D eigenvalue weighted by molar-refractivity contribution is -0.140. The lowest BCUT2D eigenvalue weighted by Gasteiger charge is -2.34. The molecule has 0 N–H and O–H groups in total. The molecule has 2 amide bonds. The van der Waals surface area contributed by atoms with E-state index < -0.39 is 0 Å². The first kappa shape index (κ1) is 22.5. The number of hydrogen-bond acceptors (Lipinski definition) is 6. The summed E-state index contributed by atoms with van der Waals surface area (Å²) in [4.78, 5) is 41.1. The quantitative estimate of drug-likeness (QED) is 0.493. The van der Waals surface area contributed by atoms with Crippen LogP contribution in [-0.4, -0.2) is 70.9 Å². The molecule has 4 unspecified atom stereocenters. The summed E-state index contributed by atoms with van der Waals surface area (Å²) >= 11 is 0. The van der Waals surface area contributed by atoms with Gasteiger partial charge in [0.25, 0.3) is 0 Å². The number of carbonyl (C=O) groups excluding carboxylic acids is 2. The molecular weight excluding hydrogens is 414 g/mol. The number of aromatic nitrogens is 2. The highest BCUT2D eigenvalue weighted by molar-refractivity contribution is 6.05. The van der Waals surface area contributed by atoms with Gasteiger partial charge >= 0.3 is 0 Å².